The maximum absolute atomic E-state index is 12.1. The molecule has 0 spiro atoms. The highest BCUT2D eigenvalue weighted by molar-refractivity contribution is 5.91. The lowest BCUT2D eigenvalue weighted by Crippen LogP contribution is -2.19. The molecule has 1 N–H and O–H groups in total. The Morgan fingerprint density at radius 2 is 1.96 bits per heavy atom. The second-order valence-electron chi connectivity index (χ2n) is 6.30. The molecule has 0 saturated carbocycles. The van der Waals surface area contributed by atoms with E-state index < -0.39 is 0 Å². The van der Waals surface area contributed by atoms with Gasteiger partial charge in [0.1, 0.15) is 6.54 Å². The van der Waals surface area contributed by atoms with Crippen LogP contribution in [0, 0.1) is 0 Å². The van der Waals surface area contributed by atoms with Crippen molar-refractivity contribution in [2.45, 2.75) is 19.4 Å². The Balaban J connectivity index is 1.45. The molecule has 132 valence electrons. The van der Waals surface area contributed by atoms with Crippen LogP contribution >= 0.6 is 0 Å². The number of hydrogen-bond donors (Lipinski definition) is 1. The Morgan fingerprint density at radius 3 is 2.69 bits per heavy atom. The topological polar surface area (TPSA) is 75.9 Å². The van der Waals surface area contributed by atoms with Crippen molar-refractivity contribution < 1.29 is 4.79 Å². The summed E-state index contributed by atoms with van der Waals surface area (Å²) in [7, 11) is 0. The van der Waals surface area contributed by atoms with E-state index >= 15 is 0 Å². The first-order valence-electron chi connectivity index (χ1n) is 8.74. The number of hydrogen-bond acceptors (Lipinski definition) is 5. The van der Waals surface area contributed by atoms with Crippen molar-refractivity contribution in [3.05, 3.63) is 54.9 Å². The minimum absolute atomic E-state index is 0.124. The second-order valence-corrected chi connectivity index (χ2v) is 6.30. The molecule has 1 aromatic carbocycles. The van der Waals surface area contributed by atoms with Crippen molar-refractivity contribution >= 4 is 17.4 Å². The summed E-state index contributed by atoms with van der Waals surface area (Å²) in [6, 6.07) is 13.4. The van der Waals surface area contributed by atoms with Gasteiger partial charge in [0.05, 0.1) is 5.69 Å². The number of amides is 1. The van der Waals surface area contributed by atoms with Gasteiger partial charge < -0.3 is 10.2 Å². The third kappa shape index (κ3) is 3.72. The first kappa shape index (κ1) is 16.3. The van der Waals surface area contributed by atoms with E-state index in [1.54, 1.807) is 23.1 Å². The molecule has 26 heavy (non-hydrogen) atoms. The summed E-state index contributed by atoms with van der Waals surface area (Å²) in [5.41, 5.74) is 2.43. The van der Waals surface area contributed by atoms with E-state index in [0.29, 0.717) is 0 Å². The molecule has 0 atom stereocenters. The van der Waals surface area contributed by atoms with Crippen LogP contribution in [0.15, 0.2) is 54.9 Å². The molecule has 3 heterocycles. The van der Waals surface area contributed by atoms with Gasteiger partial charge in [0.25, 0.3) is 0 Å². The molecule has 0 unspecified atom stereocenters. The first-order chi connectivity index (χ1) is 12.8. The fourth-order valence-corrected chi connectivity index (χ4v) is 3.09. The van der Waals surface area contributed by atoms with E-state index in [9.17, 15) is 4.79 Å². The van der Waals surface area contributed by atoms with Crippen molar-refractivity contribution in [1.29, 1.82) is 0 Å². The van der Waals surface area contributed by atoms with Crippen LogP contribution in [0.25, 0.3) is 11.3 Å². The third-order valence-corrected chi connectivity index (χ3v) is 4.39. The minimum atomic E-state index is -0.124. The van der Waals surface area contributed by atoms with Crippen LogP contribution in [0.1, 0.15) is 12.8 Å². The van der Waals surface area contributed by atoms with Crippen molar-refractivity contribution in [1.82, 2.24) is 20.0 Å². The standard InChI is InChI=1S/C19H20N6O/c26-19(14-25-12-4-9-20-25)21-16-6-3-5-15(13-16)17-7-8-18(23-22-17)24-10-1-2-11-24/h3-9,12-13H,1-2,10-11,14H2,(H,21,26). The van der Waals surface area contributed by atoms with Crippen LogP contribution in [0.3, 0.4) is 0 Å². The van der Waals surface area contributed by atoms with Crippen LogP contribution in [0.2, 0.25) is 0 Å². The molecule has 0 radical (unpaired) electrons. The number of rotatable bonds is 5. The predicted octanol–water partition coefficient (Wildman–Crippen LogP) is 2.58. The Morgan fingerprint density at radius 1 is 1.08 bits per heavy atom. The number of nitrogens with one attached hydrogen (secondary N) is 1. The molecule has 7 heteroatoms. The maximum atomic E-state index is 12.1. The number of carbonyl (C=O) groups is 1. The zero-order chi connectivity index (χ0) is 17.8. The number of nitrogens with zero attached hydrogens (tertiary/aromatic N) is 5. The van der Waals surface area contributed by atoms with Gasteiger partial charge in [-0.3, -0.25) is 9.48 Å². The summed E-state index contributed by atoms with van der Waals surface area (Å²) in [5.74, 6) is 0.802. The largest absolute Gasteiger partial charge is 0.355 e. The van der Waals surface area contributed by atoms with Gasteiger partial charge in [0.2, 0.25) is 5.91 Å². The van der Waals surface area contributed by atoms with Crippen molar-refractivity contribution in [3.63, 3.8) is 0 Å². The van der Waals surface area contributed by atoms with E-state index in [1.165, 1.54) is 12.8 Å². The number of anilines is 2. The lowest BCUT2D eigenvalue weighted by Gasteiger charge is -2.15. The first-order valence-corrected chi connectivity index (χ1v) is 8.74. The van der Waals surface area contributed by atoms with Gasteiger partial charge in [-0.1, -0.05) is 12.1 Å². The smallest absolute Gasteiger partial charge is 0.246 e. The average Bonchev–Trinajstić information content (AvgIpc) is 3.36. The molecule has 0 bridgehead atoms. The maximum Gasteiger partial charge on any atom is 0.246 e. The quantitative estimate of drug-likeness (QED) is 0.767. The monoisotopic (exact) mass is 348 g/mol. The predicted molar refractivity (Wildman–Crippen MR) is 99.8 cm³/mol. The molecule has 1 aliphatic rings. The highest BCUT2D eigenvalue weighted by Crippen LogP contribution is 2.23. The number of benzene rings is 1. The third-order valence-electron chi connectivity index (χ3n) is 4.39. The molecular formula is C19H20N6O. The second kappa shape index (κ2) is 7.35. The van der Waals surface area contributed by atoms with Crippen LogP contribution < -0.4 is 10.2 Å². The highest BCUT2D eigenvalue weighted by Gasteiger charge is 2.14. The van der Waals surface area contributed by atoms with Gasteiger partial charge >= 0.3 is 0 Å². The van der Waals surface area contributed by atoms with Crippen LogP contribution in [0.4, 0.5) is 11.5 Å². The van der Waals surface area contributed by atoms with E-state index in [2.05, 4.69) is 25.5 Å². The van der Waals surface area contributed by atoms with E-state index in [0.717, 1.165) is 35.9 Å². The van der Waals surface area contributed by atoms with Gasteiger partial charge in [-0.2, -0.15) is 5.10 Å². The Bertz CT molecular complexity index is 869. The van der Waals surface area contributed by atoms with Gasteiger partial charge in [0.15, 0.2) is 5.82 Å². The van der Waals surface area contributed by atoms with Gasteiger partial charge in [-0.25, -0.2) is 0 Å². The molecule has 7 nitrogen and oxygen atoms in total. The molecule has 1 aliphatic heterocycles. The highest BCUT2D eigenvalue weighted by atomic mass is 16.2. The summed E-state index contributed by atoms with van der Waals surface area (Å²) in [6.45, 7) is 2.28. The molecule has 2 aromatic heterocycles. The Kier molecular flexibility index (Phi) is 4.59. The Hall–Kier alpha value is -3.22. The van der Waals surface area contributed by atoms with E-state index in [1.807, 2.05) is 36.4 Å². The zero-order valence-corrected chi connectivity index (χ0v) is 14.4. The molecule has 1 saturated heterocycles. The van der Waals surface area contributed by atoms with Crippen LogP contribution in [-0.2, 0) is 11.3 Å². The van der Waals surface area contributed by atoms with Crippen molar-refractivity contribution in [3.8, 4) is 11.3 Å². The summed E-state index contributed by atoms with van der Waals surface area (Å²) in [5, 5.41) is 15.6. The SMILES string of the molecule is O=C(Cn1cccn1)Nc1cccc(-c2ccc(N3CCCC3)nn2)c1. The summed E-state index contributed by atoms with van der Waals surface area (Å²) >= 11 is 0. The lowest BCUT2D eigenvalue weighted by atomic mass is 10.1. The van der Waals surface area contributed by atoms with Gasteiger partial charge in [0, 0.05) is 36.7 Å². The summed E-state index contributed by atoms with van der Waals surface area (Å²) in [6.07, 6.45) is 5.83. The number of carbonyl (C=O) groups excluding carboxylic acids is 1. The van der Waals surface area contributed by atoms with Crippen LogP contribution in [-0.4, -0.2) is 39.0 Å². The molecule has 1 amide bonds. The molecule has 4 rings (SSSR count). The van der Waals surface area contributed by atoms with E-state index in [4.69, 9.17) is 0 Å². The lowest BCUT2D eigenvalue weighted by molar-refractivity contribution is -0.116. The molecule has 1 fully saturated rings. The van der Waals surface area contributed by atoms with Crippen molar-refractivity contribution in [2.24, 2.45) is 0 Å². The Labute approximate surface area is 151 Å². The fourth-order valence-electron chi connectivity index (χ4n) is 3.09. The number of aromatic nitrogens is 4. The van der Waals surface area contributed by atoms with Gasteiger partial charge in [-0.15, -0.1) is 10.2 Å². The molecule has 3 aromatic rings. The molecular weight excluding hydrogens is 328 g/mol. The van der Waals surface area contributed by atoms with E-state index in [-0.39, 0.29) is 12.5 Å². The van der Waals surface area contributed by atoms with Crippen molar-refractivity contribution in [2.75, 3.05) is 23.3 Å². The minimum Gasteiger partial charge on any atom is -0.355 e. The summed E-state index contributed by atoms with van der Waals surface area (Å²) in [4.78, 5) is 14.4. The zero-order valence-electron chi connectivity index (χ0n) is 14.4. The molecule has 0 aliphatic carbocycles. The summed E-state index contributed by atoms with van der Waals surface area (Å²) < 4.78 is 1.59. The normalized spacial score (nSPS) is 13.8. The fraction of sp³-hybridized carbons (Fsp3) is 0.263. The van der Waals surface area contributed by atoms with Gasteiger partial charge in [-0.05, 0) is 43.2 Å². The average molecular weight is 348 g/mol. The van der Waals surface area contributed by atoms with Crippen LogP contribution in [0.5, 0.6) is 0 Å².